The van der Waals surface area contributed by atoms with Crippen molar-refractivity contribution in [2.75, 3.05) is 6.61 Å². The molecule has 1 aromatic heterocycles. The fourth-order valence-corrected chi connectivity index (χ4v) is 3.66. The molecule has 2 rings (SSSR count). The molecule has 0 saturated carbocycles. The minimum absolute atomic E-state index is 0.0143. The lowest BCUT2D eigenvalue weighted by Gasteiger charge is -2.23. The number of nitrogens with zero attached hydrogens (tertiary/aromatic N) is 2. The van der Waals surface area contributed by atoms with Crippen molar-refractivity contribution < 1.29 is 9.16 Å². The first kappa shape index (κ1) is 16.8. The number of imidazole rings is 1. The molecule has 1 aromatic carbocycles. The van der Waals surface area contributed by atoms with Crippen molar-refractivity contribution in [2.24, 2.45) is 0 Å². The third-order valence-corrected chi connectivity index (χ3v) is 4.29. The summed E-state index contributed by atoms with van der Waals surface area (Å²) >= 11 is 0. The SMILES string of the molecule is CCO/C=C/Cn1c(C(C)O[Si](C)(C)C)nc2ccccc21. The standard InChI is InChI=1S/C17H26N2O2Si/c1-6-20-13-9-12-19-16-11-8-7-10-15(16)18-17(19)14(2)21-22(3,4)5/h7-11,13-14H,6,12H2,1-5H3/b13-9+. The van der Waals surface area contributed by atoms with Crippen molar-refractivity contribution in [3.8, 4) is 0 Å². The zero-order valence-electron chi connectivity index (χ0n) is 14.2. The van der Waals surface area contributed by atoms with E-state index >= 15 is 0 Å². The van der Waals surface area contributed by atoms with E-state index in [-0.39, 0.29) is 6.10 Å². The normalized spacial score (nSPS) is 13.9. The fourth-order valence-electron chi connectivity index (χ4n) is 2.49. The van der Waals surface area contributed by atoms with E-state index in [9.17, 15) is 0 Å². The minimum atomic E-state index is -1.61. The van der Waals surface area contributed by atoms with E-state index < -0.39 is 8.32 Å². The summed E-state index contributed by atoms with van der Waals surface area (Å²) in [5.41, 5.74) is 2.14. The van der Waals surface area contributed by atoms with E-state index in [0.717, 1.165) is 23.4 Å². The van der Waals surface area contributed by atoms with E-state index in [2.05, 4.69) is 37.2 Å². The highest BCUT2D eigenvalue weighted by atomic mass is 28.4. The summed E-state index contributed by atoms with van der Waals surface area (Å²) in [6, 6.07) is 8.20. The topological polar surface area (TPSA) is 36.3 Å². The zero-order valence-corrected chi connectivity index (χ0v) is 15.2. The highest BCUT2D eigenvalue weighted by Gasteiger charge is 2.23. The number of hydrogen-bond acceptors (Lipinski definition) is 3. The molecule has 1 heterocycles. The number of aromatic nitrogens is 2. The highest BCUT2D eigenvalue weighted by molar-refractivity contribution is 6.69. The predicted octanol–water partition coefficient (Wildman–Crippen LogP) is 4.50. The van der Waals surface area contributed by atoms with Crippen LogP contribution in [0.5, 0.6) is 0 Å². The number of benzene rings is 1. The minimum Gasteiger partial charge on any atom is -0.502 e. The number of rotatable bonds is 7. The lowest BCUT2D eigenvalue weighted by Crippen LogP contribution is -2.28. The van der Waals surface area contributed by atoms with E-state index in [0.29, 0.717) is 6.61 Å². The Bertz CT molecular complexity index is 644. The average Bonchev–Trinajstić information content (AvgIpc) is 2.81. The van der Waals surface area contributed by atoms with Gasteiger partial charge in [-0.1, -0.05) is 12.1 Å². The molecule has 0 fully saturated rings. The van der Waals surface area contributed by atoms with Crippen LogP contribution in [-0.2, 0) is 15.7 Å². The highest BCUT2D eigenvalue weighted by Crippen LogP contribution is 2.25. The number of hydrogen-bond donors (Lipinski definition) is 0. The van der Waals surface area contributed by atoms with Gasteiger partial charge in [-0.3, -0.25) is 0 Å². The quantitative estimate of drug-likeness (QED) is 0.557. The molecule has 0 aliphatic heterocycles. The monoisotopic (exact) mass is 318 g/mol. The molecule has 5 heteroatoms. The summed E-state index contributed by atoms with van der Waals surface area (Å²) in [5.74, 6) is 0.977. The van der Waals surface area contributed by atoms with Gasteiger partial charge in [-0.05, 0) is 51.7 Å². The maximum Gasteiger partial charge on any atom is 0.184 e. The maximum absolute atomic E-state index is 6.22. The van der Waals surface area contributed by atoms with Gasteiger partial charge in [-0.15, -0.1) is 0 Å². The van der Waals surface area contributed by atoms with Crippen molar-refractivity contribution >= 4 is 19.4 Å². The second-order valence-corrected chi connectivity index (χ2v) is 10.7. The molecular formula is C17H26N2O2Si. The molecular weight excluding hydrogens is 292 g/mol. The molecule has 0 saturated heterocycles. The van der Waals surface area contributed by atoms with E-state index in [1.54, 1.807) is 6.26 Å². The van der Waals surface area contributed by atoms with Crippen LogP contribution in [0.15, 0.2) is 36.6 Å². The van der Waals surface area contributed by atoms with Crippen molar-refractivity contribution in [3.63, 3.8) is 0 Å². The Balaban J connectivity index is 2.35. The molecule has 0 radical (unpaired) electrons. The third-order valence-electron chi connectivity index (χ3n) is 3.23. The van der Waals surface area contributed by atoms with Crippen molar-refractivity contribution in [2.45, 2.75) is 46.1 Å². The molecule has 1 unspecified atom stereocenters. The number of ether oxygens (including phenoxy) is 1. The van der Waals surface area contributed by atoms with Crippen molar-refractivity contribution in [1.82, 2.24) is 9.55 Å². The Hall–Kier alpha value is -1.59. The Labute approximate surface area is 133 Å². The van der Waals surface area contributed by atoms with Crippen LogP contribution in [0.3, 0.4) is 0 Å². The maximum atomic E-state index is 6.22. The van der Waals surface area contributed by atoms with Gasteiger partial charge in [-0.25, -0.2) is 4.98 Å². The first-order valence-corrected chi connectivity index (χ1v) is 11.2. The molecule has 4 nitrogen and oxygen atoms in total. The van der Waals surface area contributed by atoms with E-state index in [1.165, 1.54) is 0 Å². The van der Waals surface area contributed by atoms with E-state index in [1.807, 2.05) is 31.2 Å². The molecule has 1 atom stereocenters. The van der Waals surface area contributed by atoms with Crippen LogP contribution >= 0.6 is 0 Å². The second-order valence-electron chi connectivity index (χ2n) is 6.27. The Kier molecular flexibility index (Phi) is 5.42. The van der Waals surface area contributed by atoms with Crippen LogP contribution in [0.4, 0.5) is 0 Å². The molecule has 0 N–H and O–H groups in total. The van der Waals surface area contributed by atoms with Gasteiger partial charge < -0.3 is 13.7 Å². The largest absolute Gasteiger partial charge is 0.502 e. The summed E-state index contributed by atoms with van der Waals surface area (Å²) in [6.45, 7) is 12.1. The van der Waals surface area contributed by atoms with Gasteiger partial charge in [-0.2, -0.15) is 0 Å². The first-order chi connectivity index (χ1) is 10.4. The van der Waals surface area contributed by atoms with Crippen LogP contribution < -0.4 is 0 Å². The third kappa shape index (κ3) is 4.21. The molecule has 120 valence electrons. The number of allylic oxidation sites excluding steroid dienone is 1. The molecule has 22 heavy (non-hydrogen) atoms. The van der Waals surface area contributed by atoms with Crippen molar-refractivity contribution in [3.05, 3.63) is 42.4 Å². The molecule has 0 aliphatic carbocycles. The smallest absolute Gasteiger partial charge is 0.184 e. The van der Waals surface area contributed by atoms with Crippen molar-refractivity contribution in [1.29, 1.82) is 0 Å². The lowest BCUT2D eigenvalue weighted by molar-refractivity contribution is 0.204. The summed E-state index contributed by atoms with van der Waals surface area (Å²) < 4.78 is 13.7. The van der Waals surface area contributed by atoms with Crippen LogP contribution in [0.1, 0.15) is 25.8 Å². The Morgan fingerprint density at radius 2 is 2.00 bits per heavy atom. The molecule has 0 aliphatic rings. The van der Waals surface area contributed by atoms with E-state index in [4.69, 9.17) is 14.1 Å². The van der Waals surface area contributed by atoms with Crippen LogP contribution in [-0.4, -0.2) is 24.5 Å². The van der Waals surface area contributed by atoms with Crippen LogP contribution in [0.25, 0.3) is 11.0 Å². The van der Waals surface area contributed by atoms with Crippen LogP contribution in [0, 0.1) is 0 Å². The predicted molar refractivity (Wildman–Crippen MR) is 93.3 cm³/mol. The molecule has 0 amide bonds. The molecule has 0 bridgehead atoms. The summed E-state index contributed by atoms with van der Waals surface area (Å²) in [6.07, 6.45) is 3.75. The summed E-state index contributed by atoms with van der Waals surface area (Å²) in [7, 11) is -1.61. The Morgan fingerprint density at radius 1 is 1.27 bits per heavy atom. The van der Waals surface area contributed by atoms with Gasteiger partial charge in [0.25, 0.3) is 0 Å². The lowest BCUT2D eigenvalue weighted by atomic mass is 10.3. The fraction of sp³-hybridized carbons (Fsp3) is 0.471. The van der Waals surface area contributed by atoms with Gasteiger partial charge in [0.15, 0.2) is 8.32 Å². The van der Waals surface area contributed by atoms with Gasteiger partial charge in [0, 0.05) is 6.54 Å². The number of para-hydroxylation sites is 2. The van der Waals surface area contributed by atoms with Gasteiger partial charge >= 0.3 is 0 Å². The van der Waals surface area contributed by atoms with Gasteiger partial charge in [0.1, 0.15) is 11.9 Å². The van der Waals surface area contributed by atoms with Crippen LogP contribution in [0.2, 0.25) is 19.6 Å². The average molecular weight is 318 g/mol. The summed E-state index contributed by atoms with van der Waals surface area (Å²) in [4.78, 5) is 4.78. The Morgan fingerprint density at radius 3 is 2.68 bits per heavy atom. The second kappa shape index (κ2) is 7.11. The van der Waals surface area contributed by atoms with Gasteiger partial charge in [0.05, 0.1) is 23.9 Å². The van der Waals surface area contributed by atoms with Gasteiger partial charge in [0.2, 0.25) is 0 Å². The zero-order chi connectivity index (χ0) is 16.2. The molecule has 2 aromatic rings. The number of fused-ring (bicyclic) bond motifs is 1. The molecule has 0 spiro atoms. The first-order valence-electron chi connectivity index (χ1n) is 7.82. The summed E-state index contributed by atoms with van der Waals surface area (Å²) in [5, 5.41) is 0.